The van der Waals surface area contributed by atoms with Crippen molar-refractivity contribution in [3.8, 4) is 0 Å². The standard InChI is InChI=1S/C36H70N8O5/c1-6-8-9-10-11-12-13-14-15-16-17-18-19-22-30(45)43-29(24-26(3)4)34(48)44-32(27(5)7-2)35(49)41-25-31(46)42-28(33(37)47)21-20-23-40-36(38)39/h26-29,32H,6-25H2,1-5H3,(H2,37,47)(H,41,49)(H,42,46)(H,43,45)(H,44,48)(H4,38,39,40)/t27-,28-,29-,32-/m0/s1. The van der Waals surface area contributed by atoms with E-state index in [0.717, 1.165) is 19.3 Å². The predicted molar refractivity (Wildman–Crippen MR) is 197 cm³/mol. The van der Waals surface area contributed by atoms with Gasteiger partial charge in [-0.25, -0.2) is 0 Å². The zero-order valence-electron chi connectivity index (χ0n) is 31.2. The molecule has 0 aliphatic heterocycles. The van der Waals surface area contributed by atoms with E-state index in [1.165, 1.54) is 64.2 Å². The maximum absolute atomic E-state index is 13.4. The van der Waals surface area contributed by atoms with Crippen molar-refractivity contribution < 1.29 is 24.0 Å². The van der Waals surface area contributed by atoms with Crippen LogP contribution in [0, 0.1) is 11.8 Å². The molecule has 0 saturated carbocycles. The lowest BCUT2D eigenvalue weighted by Gasteiger charge is -2.27. The van der Waals surface area contributed by atoms with Crippen LogP contribution in [0.3, 0.4) is 0 Å². The van der Waals surface area contributed by atoms with Gasteiger partial charge in [-0.2, -0.15) is 0 Å². The van der Waals surface area contributed by atoms with Gasteiger partial charge in [0.25, 0.3) is 0 Å². The molecular formula is C36H70N8O5. The Morgan fingerprint density at radius 1 is 0.633 bits per heavy atom. The van der Waals surface area contributed by atoms with E-state index in [1.54, 1.807) is 0 Å². The summed E-state index contributed by atoms with van der Waals surface area (Å²) in [5.74, 6) is -2.67. The van der Waals surface area contributed by atoms with Crippen molar-refractivity contribution in [2.24, 2.45) is 34.0 Å². The van der Waals surface area contributed by atoms with Crippen LogP contribution in [0.15, 0.2) is 4.99 Å². The highest BCUT2D eigenvalue weighted by Gasteiger charge is 2.30. The molecule has 0 aromatic heterocycles. The topological polar surface area (TPSA) is 224 Å². The molecule has 284 valence electrons. The lowest BCUT2D eigenvalue weighted by atomic mass is 9.96. The minimum atomic E-state index is -0.955. The third-order valence-electron chi connectivity index (χ3n) is 8.71. The number of amides is 5. The van der Waals surface area contributed by atoms with Gasteiger partial charge in [0, 0.05) is 13.0 Å². The van der Waals surface area contributed by atoms with Gasteiger partial charge < -0.3 is 38.5 Å². The maximum Gasteiger partial charge on any atom is 0.243 e. The van der Waals surface area contributed by atoms with E-state index in [0.29, 0.717) is 25.7 Å². The van der Waals surface area contributed by atoms with Crippen LogP contribution >= 0.6 is 0 Å². The number of rotatable bonds is 30. The summed E-state index contributed by atoms with van der Waals surface area (Å²) in [5, 5.41) is 10.8. The number of carbonyl (C=O) groups excluding carboxylic acids is 5. The van der Waals surface area contributed by atoms with Gasteiger partial charge in [-0.1, -0.05) is 118 Å². The molecule has 0 spiro atoms. The van der Waals surface area contributed by atoms with Gasteiger partial charge in [-0.15, -0.1) is 0 Å². The summed E-state index contributed by atoms with van der Waals surface area (Å²) in [4.78, 5) is 67.6. The molecule has 13 nitrogen and oxygen atoms in total. The molecule has 0 aliphatic rings. The second-order valence-corrected chi connectivity index (χ2v) is 13.8. The molecule has 0 bridgehead atoms. The largest absolute Gasteiger partial charge is 0.370 e. The van der Waals surface area contributed by atoms with Gasteiger partial charge in [-0.05, 0) is 37.5 Å². The molecular weight excluding hydrogens is 624 g/mol. The fourth-order valence-corrected chi connectivity index (χ4v) is 5.54. The Balaban J connectivity index is 4.82. The average Bonchev–Trinajstić information content (AvgIpc) is 3.04. The van der Waals surface area contributed by atoms with Gasteiger partial charge in [0.1, 0.15) is 18.1 Å². The normalized spacial score (nSPS) is 13.5. The number of aliphatic imine (C=N–C) groups is 1. The maximum atomic E-state index is 13.4. The number of carbonyl (C=O) groups is 5. The third kappa shape index (κ3) is 24.4. The Kier molecular flexibility index (Phi) is 26.5. The number of nitrogens with two attached hydrogens (primary N) is 3. The van der Waals surface area contributed by atoms with Crippen molar-refractivity contribution in [3.05, 3.63) is 0 Å². The lowest BCUT2D eigenvalue weighted by molar-refractivity contribution is -0.134. The van der Waals surface area contributed by atoms with Gasteiger partial charge >= 0.3 is 0 Å². The molecule has 0 radical (unpaired) electrons. The summed E-state index contributed by atoms with van der Waals surface area (Å²) in [6, 6.07) is -2.67. The van der Waals surface area contributed by atoms with E-state index in [4.69, 9.17) is 17.2 Å². The van der Waals surface area contributed by atoms with Crippen LogP contribution in [-0.2, 0) is 24.0 Å². The van der Waals surface area contributed by atoms with Crippen molar-refractivity contribution in [3.63, 3.8) is 0 Å². The van der Waals surface area contributed by atoms with Crippen LogP contribution < -0.4 is 38.5 Å². The molecule has 0 aromatic carbocycles. The molecule has 5 amide bonds. The van der Waals surface area contributed by atoms with Gasteiger partial charge in [-0.3, -0.25) is 29.0 Å². The Bertz CT molecular complexity index is 986. The summed E-state index contributed by atoms with van der Waals surface area (Å²) in [5.41, 5.74) is 16.0. The molecule has 0 unspecified atom stereocenters. The quantitative estimate of drug-likeness (QED) is 0.0335. The molecule has 0 fully saturated rings. The second kappa shape index (κ2) is 28.5. The van der Waals surface area contributed by atoms with Crippen molar-refractivity contribution in [2.75, 3.05) is 13.1 Å². The number of hydrogen-bond donors (Lipinski definition) is 7. The summed E-state index contributed by atoms with van der Waals surface area (Å²) in [7, 11) is 0. The van der Waals surface area contributed by atoms with Crippen LogP contribution in [0.2, 0.25) is 0 Å². The van der Waals surface area contributed by atoms with Crippen LogP contribution in [-0.4, -0.2) is 66.7 Å². The molecule has 0 rings (SSSR count). The molecule has 0 saturated heterocycles. The van der Waals surface area contributed by atoms with E-state index in [1.807, 2.05) is 27.7 Å². The molecule has 49 heavy (non-hydrogen) atoms. The first-order valence-corrected chi connectivity index (χ1v) is 18.8. The van der Waals surface area contributed by atoms with E-state index in [-0.39, 0.29) is 36.7 Å². The van der Waals surface area contributed by atoms with E-state index >= 15 is 0 Å². The first kappa shape index (κ1) is 45.6. The smallest absolute Gasteiger partial charge is 0.243 e. The fourth-order valence-electron chi connectivity index (χ4n) is 5.54. The Hall–Kier alpha value is -3.38. The Morgan fingerprint density at radius 3 is 1.65 bits per heavy atom. The average molecular weight is 695 g/mol. The number of primary amides is 1. The van der Waals surface area contributed by atoms with Crippen molar-refractivity contribution in [2.45, 2.75) is 168 Å². The SMILES string of the molecule is CCCCCCCCCCCCCCCC(=O)N[C@@H](CC(C)C)C(=O)N[C@H](C(=O)NCC(=O)N[C@@H](CCCN=C(N)N)C(N)=O)[C@@H](C)CC. The van der Waals surface area contributed by atoms with Crippen LogP contribution in [0.1, 0.15) is 150 Å². The number of nitrogens with one attached hydrogen (secondary N) is 4. The monoisotopic (exact) mass is 695 g/mol. The summed E-state index contributed by atoms with van der Waals surface area (Å²) < 4.78 is 0. The minimum absolute atomic E-state index is 0.0757. The zero-order chi connectivity index (χ0) is 37.0. The number of unbranched alkanes of at least 4 members (excludes halogenated alkanes) is 12. The molecule has 10 N–H and O–H groups in total. The summed E-state index contributed by atoms with van der Waals surface area (Å²) in [6.07, 6.45) is 17.9. The minimum Gasteiger partial charge on any atom is -0.370 e. The Morgan fingerprint density at radius 2 is 1.16 bits per heavy atom. The highest BCUT2D eigenvalue weighted by Crippen LogP contribution is 2.14. The molecule has 4 atom stereocenters. The van der Waals surface area contributed by atoms with Crippen LogP contribution in [0.5, 0.6) is 0 Å². The van der Waals surface area contributed by atoms with E-state index in [2.05, 4.69) is 33.2 Å². The first-order valence-electron chi connectivity index (χ1n) is 18.8. The number of nitrogens with zero attached hydrogens (tertiary/aromatic N) is 1. The summed E-state index contributed by atoms with van der Waals surface area (Å²) in [6.45, 7) is 9.76. The molecule has 0 aliphatic carbocycles. The van der Waals surface area contributed by atoms with E-state index < -0.39 is 48.3 Å². The molecule has 0 heterocycles. The van der Waals surface area contributed by atoms with Gasteiger partial charge in [0.15, 0.2) is 5.96 Å². The summed E-state index contributed by atoms with van der Waals surface area (Å²) >= 11 is 0. The van der Waals surface area contributed by atoms with Gasteiger partial charge in [0.05, 0.1) is 6.54 Å². The molecule has 0 aromatic rings. The van der Waals surface area contributed by atoms with Crippen molar-refractivity contribution in [1.29, 1.82) is 0 Å². The predicted octanol–water partition coefficient (Wildman–Crippen LogP) is 3.67. The highest BCUT2D eigenvalue weighted by atomic mass is 16.2. The Labute approximate surface area is 295 Å². The van der Waals surface area contributed by atoms with E-state index in [9.17, 15) is 24.0 Å². The number of guanidine groups is 1. The fraction of sp³-hybridized carbons (Fsp3) is 0.833. The third-order valence-corrected chi connectivity index (χ3v) is 8.71. The van der Waals surface area contributed by atoms with Gasteiger partial charge in [0.2, 0.25) is 29.5 Å². The van der Waals surface area contributed by atoms with Crippen molar-refractivity contribution >= 4 is 35.5 Å². The zero-order valence-corrected chi connectivity index (χ0v) is 31.2. The lowest BCUT2D eigenvalue weighted by Crippen LogP contribution is -2.57. The van der Waals surface area contributed by atoms with Crippen LogP contribution in [0.4, 0.5) is 0 Å². The second-order valence-electron chi connectivity index (χ2n) is 13.8. The highest BCUT2D eigenvalue weighted by molar-refractivity contribution is 5.94. The van der Waals surface area contributed by atoms with Crippen molar-refractivity contribution in [1.82, 2.24) is 21.3 Å². The van der Waals surface area contributed by atoms with Crippen LogP contribution in [0.25, 0.3) is 0 Å². The molecule has 13 heteroatoms. The first-order chi connectivity index (χ1) is 23.3. The number of hydrogen-bond acceptors (Lipinski definition) is 6.